The maximum atomic E-state index is 6.20. The predicted octanol–water partition coefficient (Wildman–Crippen LogP) is 4.41. The molecular formula is C16H16Cl3N3. The fourth-order valence-corrected chi connectivity index (χ4v) is 3.31. The first-order chi connectivity index (χ1) is 10.6. The molecule has 2 heterocycles. The average Bonchev–Trinajstić information content (AvgIpc) is 2.95. The molecule has 1 aromatic carbocycles. The van der Waals surface area contributed by atoms with Crippen LogP contribution in [0.4, 0.5) is 5.69 Å². The Bertz CT molecular complexity index is 663. The van der Waals surface area contributed by atoms with Gasteiger partial charge in [-0.3, -0.25) is 0 Å². The zero-order valence-electron chi connectivity index (χ0n) is 11.9. The minimum Gasteiger partial charge on any atom is -0.370 e. The lowest BCUT2D eigenvalue weighted by molar-refractivity contribution is 0.551. The van der Waals surface area contributed by atoms with Gasteiger partial charge in [0.15, 0.2) is 0 Å². The molecule has 0 bridgehead atoms. The van der Waals surface area contributed by atoms with Gasteiger partial charge in [0.05, 0.1) is 0 Å². The Labute approximate surface area is 145 Å². The van der Waals surface area contributed by atoms with Crippen LogP contribution >= 0.6 is 34.8 Å². The molecule has 6 heteroatoms. The molecule has 0 saturated carbocycles. The van der Waals surface area contributed by atoms with Crippen LogP contribution in [0, 0.1) is 0 Å². The van der Waals surface area contributed by atoms with Crippen molar-refractivity contribution < 1.29 is 0 Å². The Morgan fingerprint density at radius 1 is 1.18 bits per heavy atom. The number of pyridine rings is 1. The molecular weight excluding hydrogens is 341 g/mol. The van der Waals surface area contributed by atoms with Crippen molar-refractivity contribution in [3.8, 4) is 0 Å². The second-order valence-electron chi connectivity index (χ2n) is 5.39. The predicted molar refractivity (Wildman–Crippen MR) is 93.2 cm³/mol. The average molecular weight is 357 g/mol. The number of rotatable bonds is 4. The maximum Gasteiger partial charge on any atom is 0.131 e. The van der Waals surface area contributed by atoms with Gasteiger partial charge in [-0.05, 0) is 36.2 Å². The van der Waals surface area contributed by atoms with Crippen LogP contribution in [0.2, 0.25) is 15.2 Å². The van der Waals surface area contributed by atoms with Gasteiger partial charge in [0, 0.05) is 47.6 Å². The van der Waals surface area contributed by atoms with E-state index in [0.717, 1.165) is 37.3 Å². The second-order valence-corrected chi connectivity index (χ2v) is 6.62. The van der Waals surface area contributed by atoms with Gasteiger partial charge in [0.2, 0.25) is 0 Å². The van der Waals surface area contributed by atoms with E-state index in [0.29, 0.717) is 21.2 Å². The van der Waals surface area contributed by atoms with Crippen molar-refractivity contribution in [2.45, 2.75) is 19.0 Å². The fourth-order valence-electron chi connectivity index (χ4n) is 2.67. The van der Waals surface area contributed by atoms with Crippen LogP contribution in [-0.4, -0.2) is 24.1 Å². The van der Waals surface area contributed by atoms with Crippen LogP contribution in [0.25, 0.3) is 0 Å². The lowest BCUT2D eigenvalue weighted by Crippen LogP contribution is -2.32. The van der Waals surface area contributed by atoms with E-state index in [4.69, 9.17) is 34.8 Å². The van der Waals surface area contributed by atoms with Gasteiger partial charge in [0.1, 0.15) is 5.15 Å². The third-order valence-electron chi connectivity index (χ3n) is 3.86. The number of nitrogens with one attached hydrogen (secondary N) is 1. The van der Waals surface area contributed by atoms with Crippen LogP contribution in [0.15, 0.2) is 36.5 Å². The van der Waals surface area contributed by atoms with E-state index in [-0.39, 0.29) is 0 Å². The summed E-state index contributed by atoms with van der Waals surface area (Å²) in [4.78, 5) is 6.33. The van der Waals surface area contributed by atoms with Gasteiger partial charge in [-0.2, -0.15) is 0 Å². The SMILES string of the molecule is Clc1ccc(CNC2CCN(c3ccnc(Cl)c3)C2)c(Cl)c1. The molecule has 1 fully saturated rings. The van der Waals surface area contributed by atoms with Crippen LogP contribution in [-0.2, 0) is 6.54 Å². The minimum atomic E-state index is 0.429. The van der Waals surface area contributed by atoms with E-state index in [1.165, 1.54) is 0 Å². The number of anilines is 1. The second kappa shape index (κ2) is 7.05. The summed E-state index contributed by atoms with van der Waals surface area (Å²) in [5.41, 5.74) is 2.19. The number of aromatic nitrogens is 1. The Morgan fingerprint density at radius 3 is 2.82 bits per heavy atom. The van der Waals surface area contributed by atoms with E-state index < -0.39 is 0 Å². The molecule has 0 aliphatic carbocycles. The Balaban J connectivity index is 1.57. The molecule has 1 aliphatic heterocycles. The molecule has 2 aromatic rings. The lowest BCUT2D eigenvalue weighted by Gasteiger charge is -2.19. The van der Waals surface area contributed by atoms with Crippen molar-refractivity contribution >= 4 is 40.5 Å². The van der Waals surface area contributed by atoms with Gasteiger partial charge in [-0.15, -0.1) is 0 Å². The number of halogens is 3. The third-order valence-corrected chi connectivity index (χ3v) is 4.65. The standard InChI is InChI=1S/C16H16Cl3N3/c17-12-2-1-11(15(18)7-12)9-21-13-4-6-22(10-13)14-3-5-20-16(19)8-14/h1-3,5,7-8,13,21H,4,6,9-10H2. The number of hydrogen-bond acceptors (Lipinski definition) is 3. The van der Waals surface area contributed by atoms with Gasteiger partial charge in [-0.25, -0.2) is 4.98 Å². The van der Waals surface area contributed by atoms with Crippen molar-refractivity contribution in [2.24, 2.45) is 0 Å². The van der Waals surface area contributed by atoms with Gasteiger partial charge in [0.25, 0.3) is 0 Å². The summed E-state index contributed by atoms with van der Waals surface area (Å²) in [5, 5.41) is 5.45. The number of nitrogens with zero attached hydrogens (tertiary/aromatic N) is 2. The maximum absolute atomic E-state index is 6.20. The molecule has 1 saturated heterocycles. The molecule has 1 aromatic heterocycles. The van der Waals surface area contributed by atoms with Crippen molar-refractivity contribution in [3.63, 3.8) is 0 Å². The zero-order chi connectivity index (χ0) is 15.5. The molecule has 0 spiro atoms. The third kappa shape index (κ3) is 3.85. The van der Waals surface area contributed by atoms with E-state index >= 15 is 0 Å². The normalized spacial score (nSPS) is 18.0. The largest absolute Gasteiger partial charge is 0.370 e. The summed E-state index contributed by atoms with van der Waals surface area (Å²) in [6.45, 7) is 2.70. The van der Waals surface area contributed by atoms with Crippen molar-refractivity contribution in [3.05, 3.63) is 57.3 Å². The Kier molecular flexibility index (Phi) is 5.09. The zero-order valence-corrected chi connectivity index (χ0v) is 14.2. The van der Waals surface area contributed by atoms with Crippen LogP contribution in [0.5, 0.6) is 0 Å². The van der Waals surface area contributed by atoms with E-state index in [2.05, 4.69) is 15.2 Å². The molecule has 1 atom stereocenters. The Morgan fingerprint density at radius 2 is 2.05 bits per heavy atom. The molecule has 3 nitrogen and oxygen atoms in total. The number of benzene rings is 1. The molecule has 1 N–H and O–H groups in total. The Hall–Kier alpha value is -1.000. The van der Waals surface area contributed by atoms with Crippen molar-refractivity contribution in [2.75, 3.05) is 18.0 Å². The highest BCUT2D eigenvalue weighted by atomic mass is 35.5. The minimum absolute atomic E-state index is 0.429. The van der Waals surface area contributed by atoms with E-state index in [9.17, 15) is 0 Å². The summed E-state index contributed by atoms with van der Waals surface area (Å²) in [6, 6.07) is 9.93. The van der Waals surface area contributed by atoms with Gasteiger partial charge < -0.3 is 10.2 Å². The molecule has 0 radical (unpaired) electrons. The highest BCUT2D eigenvalue weighted by molar-refractivity contribution is 6.35. The first-order valence-electron chi connectivity index (χ1n) is 7.15. The van der Waals surface area contributed by atoms with E-state index in [1.54, 1.807) is 12.3 Å². The molecule has 1 unspecified atom stereocenters. The lowest BCUT2D eigenvalue weighted by atomic mass is 10.2. The van der Waals surface area contributed by atoms with Gasteiger partial charge >= 0.3 is 0 Å². The molecule has 3 rings (SSSR count). The smallest absolute Gasteiger partial charge is 0.131 e. The monoisotopic (exact) mass is 355 g/mol. The highest BCUT2D eigenvalue weighted by Gasteiger charge is 2.22. The first-order valence-corrected chi connectivity index (χ1v) is 8.29. The molecule has 1 aliphatic rings. The summed E-state index contributed by atoms with van der Waals surface area (Å²) in [7, 11) is 0. The summed E-state index contributed by atoms with van der Waals surface area (Å²) >= 11 is 18.1. The molecule has 22 heavy (non-hydrogen) atoms. The molecule has 116 valence electrons. The summed E-state index contributed by atoms with van der Waals surface area (Å²) in [5.74, 6) is 0. The van der Waals surface area contributed by atoms with Crippen LogP contribution in [0.3, 0.4) is 0 Å². The van der Waals surface area contributed by atoms with Crippen molar-refractivity contribution in [1.82, 2.24) is 10.3 Å². The van der Waals surface area contributed by atoms with Gasteiger partial charge in [-0.1, -0.05) is 40.9 Å². The van der Waals surface area contributed by atoms with Crippen LogP contribution < -0.4 is 10.2 Å². The fraction of sp³-hybridized carbons (Fsp3) is 0.312. The first kappa shape index (κ1) is 15.9. The van der Waals surface area contributed by atoms with Crippen LogP contribution in [0.1, 0.15) is 12.0 Å². The summed E-state index contributed by atoms with van der Waals surface area (Å²) in [6.07, 6.45) is 2.83. The van der Waals surface area contributed by atoms with Crippen molar-refractivity contribution in [1.29, 1.82) is 0 Å². The highest BCUT2D eigenvalue weighted by Crippen LogP contribution is 2.24. The summed E-state index contributed by atoms with van der Waals surface area (Å²) < 4.78 is 0. The topological polar surface area (TPSA) is 28.2 Å². The number of hydrogen-bond donors (Lipinski definition) is 1. The quantitative estimate of drug-likeness (QED) is 0.822. The van der Waals surface area contributed by atoms with E-state index in [1.807, 2.05) is 24.3 Å². The molecule has 0 amide bonds.